The Morgan fingerprint density at radius 2 is 1.79 bits per heavy atom. The summed E-state index contributed by atoms with van der Waals surface area (Å²) in [6.07, 6.45) is 1.12. The van der Waals surface area contributed by atoms with E-state index in [-0.39, 0.29) is 6.09 Å². The molecule has 0 unspecified atom stereocenters. The molecule has 1 aromatic carbocycles. The van der Waals surface area contributed by atoms with Crippen molar-refractivity contribution in [3.8, 4) is 0 Å². The minimum absolute atomic E-state index is 0.339. The molecular weight excluding hydrogens is 320 g/mol. The number of amides is 1. The lowest BCUT2D eigenvalue weighted by atomic mass is 9.73. The fraction of sp³-hybridized carbons (Fsp3) is 0.632. The first kappa shape index (κ1) is 20.9. The number of hydrogen-bond donors (Lipinski definition) is 0. The predicted octanol–water partition coefficient (Wildman–Crippen LogP) is 5.05. The van der Waals surface area contributed by atoms with Crippen LogP contribution in [0.3, 0.4) is 0 Å². The minimum Gasteiger partial charge on any atom is -0.444 e. The average Bonchev–Trinajstić information content (AvgIpc) is 2.44. The highest BCUT2D eigenvalue weighted by molar-refractivity contribution is 6.30. The number of carbonyl (C=O) groups excluding carboxylic acids is 1. The lowest BCUT2D eigenvalue weighted by Gasteiger charge is -2.41. The van der Waals surface area contributed by atoms with Crippen LogP contribution in [-0.4, -0.2) is 36.4 Å². The van der Waals surface area contributed by atoms with Gasteiger partial charge in [-0.1, -0.05) is 44.0 Å². The van der Waals surface area contributed by atoms with Crippen molar-refractivity contribution in [3.05, 3.63) is 34.9 Å². The molecular formula is C19H29BClNO2. The molecule has 2 radical (unpaired) electrons. The van der Waals surface area contributed by atoms with Gasteiger partial charge in [0.15, 0.2) is 0 Å². The second-order valence-electron chi connectivity index (χ2n) is 7.76. The summed E-state index contributed by atoms with van der Waals surface area (Å²) in [6.45, 7) is 12.2. The van der Waals surface area contributed by atoms with Crippen molar-refractivity contribution in [2.24, 2.45) is 5.92 Å². The Labute approximate surface area is 153 Å². The topological polar surface area (TPSA) is 29.5 Å². The van der Waals surface area contributed by atoms with Gasteiger partial charge in [-0.05, 0) is 57.7 Å². The molecule has 0 spiro atoms. The summed E-state index contributed by atoms with van der Waals surface area (Å²) >= 11 is 5.94. The van der Waals surface area contributed by atoms with Gasteiger partial charge in [-0.3, -0.25) is 0 Å². The normalized spacial score (nSPS) is 15.5. The SMILES string of the molecule is [B][C@@](C)(Cc1ccc(Cl)cc1)N(C[C@@H](C)CC)C(=O)OC(C)(C)C. The first-order valence-electron chi connectivity index (χ1n) is 8.48. The summed E-state index contributed by atoms with van der Waals surface area (Å²) < 4.78 is 5.57. The van der Waals surface area contributed by atoms with Gasteiger partial charge in [-0.2, -0.15) is 0 Å². The molecule has 1 rings (SSSR count). The second-order valence-corrected chi connectivity index (χ2v) is 8.20. The number of halogens is 1. The van der Waals surface area contributed by atoms with Crippen LogP contribution in [0.15, 0.2) is 24.3 Å². The van der Waals surface area contributed by atoms with E-state index in [9.17, 15) is 4.79 Å². The van der Waals surface area contributed by atoms with Crippen LogP contribution in [0.5, 0.6) is 0 Å². The standard InChI is InChI=1S/C19H29BClNO2/c1-7-14(2)13-22(17(23)24-18(3,4)5)19(6,20)12-15-8-10-16(21)11-9-15/h8-11,14H,7,12-13H2,1-6H3/t14-,19+/m0/s1. The highest BCUT2D eigenvalue weighted by Gasteiger charge is 2.34. The molecule has 5 heteroatoms. The molecule has 0 aliphatic heterocycles. The number of hydrogen-bond acceptors (Lipinski definition) is 2. The van der Waals surface area contributed by atoms with E-state index >= 15 is 0 Å². The van der Waals surface area contributed by atoms with Gasteiger partial charge in [0.1, 0.15) is 13.4 Å². The van der Waals surface area contributed by atoms with Gasteiger partial charge in [0.25, 0.3) is 0 Å². The van der Waals surface area contributed by atoms with E-state index in [0.717, 1.165) is 12.0 Å². The smallest absolute Gasteiger partial charge is 0.410 e. The summed E-state index contributed by atoms with van der Waals surface area (Å²) in [7, 11) is 6.55. The van der Waals surface area contributed by atoms with Crippen LogP contribution in [0.4, 0.5) is 4.79 Å². The average molecular weight is 350 g/mol. The Morgan fingerprint density at radius 3 is 2.25 bits per heavy atom. The second kappa shape index (κ2) is 8.29. The molecule has 3 nitrogen and oxygen atoms in total. The molecule has 0 saturated carbocycles. The fourth-order valence-electron chi connectivity index (χ4n) is 2.36. The largest absolute Gasteiger partial charge is 0.444 e. The van der Waals surface area contributed by atoms with Crippen LogP contribution in [-0.2, 0) is 11.2 Å². The third kappa shape index (κ3) is 6.76. The zero-order chi connectivity index (χ0) is 18.5. The van der Waals surface area contributed by atoms with E-state index in [1.807, 2.05) is 52.0 Å². The van der Waals surface area contributed by atoms with Crippen molar-refractivity contribution in [2.45, 2.75) is 65.4 Å². The Morgan fingerprint density at radius 1 is 1.25 bits per heavy atom. The van der Waals surface area contributed by atoms with Crippen LogP contribution in [0.2, 0.25) is 5.02 Å². The Hall–Kier alpha value is -1.16. The van der Waals surface area contributed by atoms with Gasteiger partial charge >= 0.3 is 6.09 Å². The zero-order valence-electron chi connectivity index (χ0n) is 15.7. The molecule has 0 fully saturated rings. The van der Waals surface area contributed by atoms with Gasteiger partial charge < -0.3 is 9.64 Å². The summed E-state index contributed by atoms with van der Waals surface area (Å²) in [5.41, 5.74) is -0.372. The molecule has 0 N–H and O–H groups in total. The number of benzene rings is 1. The fourth-order valence-corrected chi connectivity index (χ4v) is 2.49. The maximum absolute atomic E-state index is 12.7. The van der Waals surface area contributed by atoms with E-state index in [1.54, 1.807) is 4.90 Å². The predicted molar refractivity (Wildman–Crippen MR) is 102 cm³/mol. The van der Waals surface area contributed by atoms with Crippen molar-refractivity contribution >= 4 is 25.5 Å². The van der Waals surface area contributed by atoms with Crippen molar-refractivity contribution in [3.63, 3.8) is 0 Å². The molecule has 1 amide bonds. The molecule has 0 aromatic heterocycles. The first-order valence-corrected chi connectivity index (χ1v) is 8.86. The number of rotatable bonds is 6. The first-order chi connectivity index (χ1) is 10.9. The van der Waals surface area contributed by atoms with Gasteiger partial charge in [0.2, 0.25) is 0 Å². The Balaban J connectivity index is 3.01. The van der Waals surface area contributed by atoms with Crippen LogP contribution in [0, 0.1) is 5.92 Å². The molecule has 1 aromatic rings. The van der Waals surface area contributed by atoms with Crippen molar-refractivity contribution in [1.82, 2.24) is 4.90 Å². The molecule has 132 valence electrons. The van der Waals surface area contributed by atoms with Gasteiger partial charge in [0, 0.05) is 17.0 Å². The summed E-state index contributed by atoms with van der Waals surface area (Å²) in [5, 5.41) is 0.682. The zero-order valence-corrected chi connectivity index (χ0v) is 16.5. The third-order valence-corrected chi connectivity index (χ3v) is 4.15. The summed E-state index contributed by atoms with van der Waals surface area (Å²) in [5.74, 6) is 0.339. The number of ether oxygens (including phenoxy) is 1. The van der Waals surface area contributed by atoms with E-state index in [0.29, 0.717) is 23.9 Å². The van der Waals surface area contributed by atoms with Gasteiger partial charge in [-0.25, -0.2) is 4.79 Å². The molecule has 0 aliphatic carbocycles. The lowest BCUT2D eigenvalue weighted by molar-refractivity contribution is 0.00915. The van der Waals surface area contributed by atoms with Crippen molar-refractivity contribution < 1.29 is 9.53 Å². The molecule has 0 heterocycles. The van der Waals surface area contributed by atoms with Crippen molar-refractivity contribution in [2.75, 3.05) is 6.54 Å². The summed E-state index contributed by atoms with van der Waals surface area (Å²) in [4.78, 5) is 14.4. The Bertz CT molecular complexity index is 537. The molecule has 24 heavy (non-hydrogen) atoms. The quantitative estimate of drug-likeness (QED) is 0.672. The maximum Gasteiger partial charge on any atom is 0.410 e. The lowest BCUT2D eigenvalue weighted by Crippen LogP contribution is -2.54. The highest BCUT2D eigenvalue weighted by atomic mass is 35.5. The van der Waals surface area contributed by atoms with Crippen LogP contribution < -0.4 is 0 Å². The highest BCUT2D eigenvalue weighted by Crippen LogP contribution is 2.24. The summed E-state index contributed by atoms with van der Waals surface area (Å²) in [6, 6.07) is 7.53. The maximum atomic E-state index is 12.7. The van der Waals surface area contributed by atoms with E-state index in [1.165, 1.54) is 0 Å². The van der Waals surface area contributed by atoms with E-state index in [2.05, 4.69) is 13.8 Å². The van der Waals surface area contributed by atoms with Crippen LogP contribution in [0.1, 0.15) is 53.5 Å². The third-order valence-electron chi connectivity index (χ3n) is 3.90. The molecule has 0 bridgehead atoms. The van der Waals surface area contributed by atoms with Crippen molar-refractivity contribution in [1.29, 1.82) is 0 Å². The van der Waals surface area contributed by atoms with Gasteiger partial charge in [-0.15, -0.1) is 0 Å². The Kier molecular flexibility index (Phi) is 7.21. The number of carbonyl (C=O) groups is 1. The van der Waals surface area contributed by atoms with E-state index in [4.69, 9.17) is 24.2 Å². The number of nitrogens with zero attached hydrogens (tertiary/aromatic N) is 1. The molecule has 2 atom stereocenters. The monoisotopic (exact) mass is 349 g/mol. The molecule has 0 saturated heterocycles. The van der Waals surface area contributed by atoms with E-state index < -0.39 is 11.0 Å². The van der Waals surface area contributed by atoms with Gasteiger partial charge in [0.05, 0.1) is 0 Å². The van der Waals surface area contributed by atoms with Crippen LogP contribution in [0.25, 0.3) is 0 Å². The van der Waals surface area contributed by atoms with Crippen LogP contribution >= 0.6 is 11.6 Å². The minimum atomic E-state index is -0.848. The molecule has 0 aliphatic rings.